The molecule has 0 bridgehead atoms. The predicted molar refractivity (Wildman–Crippen MR) is 43.9 cm³/mol. The third-order valence-electron chi connectivity index (χ3n) is 1.73. The van der Waals surface area contributed by atoms with Crippen molar-refractivity contribution in [3.63, 3.8) is 0 Å². The van der Waals surface area contributed by atoms with E-state index in [1.165, 1.54) is 0 Å². The first-order valence-electron chi connectivity index (χ1n) is 3.70. The molecule has 0 spiro atoms. The van der Waals surface area contributed by atoms with Crippen LogP contribution in [0.2, 0.25) is 0 Å². The molecule has 4 heteroatoms. The Morgan fingerprint density at radius 2 is 2.27 bits per heavy atom. The van der Waals surface area contributed by atoms with E-state index in [4.69, 9.17) is 9.84 Å². The lowest BCUT2D eigenvalue weighted by atomic mass is 9.92. The lowest BCUT2D eigenvalue weighted by Crippen LogP contribution is -2.44. The summed E-state index contributed by atoms with van der Waals surface area (Å²) in [6.45, 7) is 3.50. The fourth-order valence-corrected chi connectivity index (χ4v) is 2.39. The summed E-state index contributed by atoms with van der Waals surface area (Å²) in [5.74, 6) is 1.06. The molecule has 1 unspecified atom stereocenters. The molecule has 0 saturated carbocycles. The minimum Gasteiger partial charge on any atom is -0.395 e. The summed E-state index contributed by atoms with van der Waals surface area (Å²) in [4.78, 5) is 0. The first-order chi connectivity index (χ1) is 5.16. The summed E-state index contributed by atoms with van der Waals surface area (Å²) >= 11 is 0. The van der Waals surface area contributed by atoms with E-state index in [-0.39, 0.29) is 12.0 Å². The molecule has 1 rings (SSSR count). The largest absolute Gasteiger partial charge is 0.395 e. The number of ether oxygens (including phenoxy) is 1. The fourth-order valence-electron chi connectivity index (χ4n) is 1.10. The van der Waals surface area contributed by atoms with Crippen LogP contribution in [0.4, 0.5) is 0 Å². The van der Waals surface area contributed by atoms with Crippen molar-refractivity contribution >= 4 is 10.8 Å². The van der Waals surface area contributed by atoms with Gasteiger partial charge in [-0.1, -0.05) is 6.92 Å². The van der Waals surface area contributed by atoms with E-state index in [1.807, 2.05) is 0 Å². The van der Waals surface area contributed by atoms with E-state index < -0.39 is 10.8 Å². The monoisotopic (exact) mass is 178 g/mol. The van der Waals surface area contributed by atoms with Gasteiger partial charge in [0.05, 0.1) is 19.8 Å². The van der Waals surface area contributed by atoms with E-state index in [1.54, 1.807) is 0 Å². The van der Waals surface area contributed by atoms with Gasteiger partial charge < -0.3 is 9.84 Å². The maximum absolute atomic E-state index is 11.1. The normalized spacial score (nSPS) is 24.2. The highest BCUT2D eigenvalue weighted by atomic mass is 32.2. The van der Waals surface area contributed by atoms with Crippen LogP contribution in [0.1, 0.15) is 6.92 Å². The second-order valence-corrected chi connectivity index (χ2v) is 4.89. The molecule has 66 valence electrons. The molecule has 1 N–H and O–H groups in total. The molecule has 1 aliphatic heterocycles. The van der Waals surface area contributed by atoms with Gasteiger partial charge in [0.15, 0.2) is 0 Å². The standard InChI is InChI=1S/C7H14O3S/c1-7(4-10-5-7)6-11(9)3-2-8/h8H,2-6H2,1H3. The van der Waals surface area contributed by atoms with Crippen LogP contribution in [-0.4, -0.2) is 40.6 Å². The highest BCUT2D eigenvalue weighted by Crippen LogP contribution is 2.27. The summed E-state index contributed by atoms with van der Waals surface area (Å²) in [7, 11) is -0.868. The number of hydrogen-bond acceptors (Lipinski definition) is 3. The third kappa shape index (κ3) is 2.54. The molecule has 1 fully saturated rings. The molecule has 11 heavy (non-hydrogen) atoms. The van der Waals surface area contributed by atoms with Crippen LogP contribution in [0.3, 0.4) is 0 Å². The predicted octanol–water partition coefficient (Wildman–Crippen LogP) is -0.236. The van der Waals surface area contributed by atoms with Gasteiger partial charge in [-0.25, -0.2) is 0 Å². The summed E-state index contributed by atoms with van der Waals surface area (Å²) in [6, 6.07) is 0. The van der Waals surface area contributed by atoms with Gasteiger partial charge in [0.2, 0.25) is 0 Å². The minimum atomic E-state index is -0.868. The number of aliphatic hydroxyl groups excluding tert-OH is 1. The molecule has 1 saturated heterocycles. The molecule has 0 aromatic carbocycles. The molecule has 3 nitrogen and oxygen atoms in total. The Hall–Kier alpha value is 0.0700. The Bertz CT molecular complexity index is 154. The van der Waals surface area contributed by atoms with Crippen LogP contribution in [0.15, 0.2) is 0 Å². The van der Waals surface area contributed by atoms with E-state index in [2.05, 4.69) is 6.92 Å². The van der Waals surface area contributed by atoms with Crippen LogP contribution in [0, 0.1) is 5.41 Å². The van der Waals surface area contributed by atoms with Crippen molar-refractivity contribution in [3.8, 4) is 0 Å². The zero-order valence-electron chi connectivity index (χ0n) is 6.71. The first kappa shape index (κ1) is 9.16. The van der Waals surface area contributed by atoms with Gasteiger partial charge in [0.25, 0.3) is 0 Å². The van der Waals surface area contributed by atoms with Crippen LogP contribution < -0.4 is 0 Å². The molecular weight excluding hydrogens is 164 g/mol. The van der Waals surface area contributed by atoms with Gasteiger partial charge in [-0.15, -0.1) is 0 Å². The van der Waals surface area contributed by atoms with E-state index in [0.717, 1.165) is 0 Å². The van der Waals surface area contributed by atoms with Crippen LogP contribution >= 0.6 is 0 Å². The Kier molecular flexibility index (Phi) is 3.04. The Labute approximate surface area is 69.2 Å². The molecule has 0 aromatic rings. The Morgan fingerprint density at radius 3 is 2.64 bits per heavy atom. The Morgan fingerprint density at radius 1 is 1.64 bits per heavy atom. The molecular formula is C7H14O3S. The van der Waals surface area contributed by atoms with Crippen LogP contribution in [0.5, 0.6) is 0 Å². The third-order valence-corrected chi connectivity index (χ3v) is 3.39. The summed E-state index contributed by atoms with van der Waals surface area (Å²) in [5.41, 5.74) is 0.111. The second-order valence-electron chi connectivity index (χ2n) is 3.32. The highest BCUT2D eigenvalue weighted by Gasteiger charge is 2.34. The van der Waals surface area contributed by atoms with Gasteiger partial charge in [0.1, 0.15) is 0 Å². The molecule has 1 heterocycles. The summed E-state index contributed by atoms with van der Waals surface area (Å²) < 4.78 is 16.2. The lowest BCUT2D eigenvalue weighted by Gasteiger charge is -2.37. The lowest BCUT2D eigenvalue weighted by molar-refractivity contribution is -0.0866. The zero-order chi connectivity index (χ0) is 8.32. The van der Waals surface area contributed by atoms with Gasteiger partial charge in [0, 0.05) is 27.7 Å². The van der Waals surface area contributed by atoms with Gasteiger partial charge >= 0.3 is 0 Å². The SMILES string of the molecule is CC1(CS(=O)CCO)COC1. The van der Waals surface area contributed by atoms with Crippen molar-refractivity contribution in [2.24, 2.45) is 5.41 Å². The number of hydrogen-bond donors (Lipinski definition) is 1. The quantitative estimate of drug-likeness (QED) is 0.646. The van der Waals surface area contributed by atoms with Gasteiger partial charge in [-0.05, 0) is 0 Å². The van der Waals surface area contributed by atoms with E-state index in [9.17, 15) is 4.21 Å². The number of aliphatic hydroxyl groups is 1. The highest BCUT2D eigenvalue weighted by molar-refractivity contribution is 7.85. The molecule has 0 amide bonds. The molecule has 1 atom stereocenters. The first-order valence-corrected chi connectivity index (χ1v) is 5.19. The fraction of sp³-hybridized carbons (Fsp3) is 1.00. The average molecular weight is 178 g/mol. The summed E-state index contributed by atoms with van der Waals surface area (Å²) in [6.07, 6.45) is 0. The maximum atomic E-state index is 11.1. The molecule has 0 aromatic heterocycles. The van der Waals surface area contributed by atoms with Crippen molar-refractivity contribution in [1.82, 2.24) is 0 Å². The van der Waals surface area contributed by atoms with Gasteiger partial charge in [-0.3, -0.25) is 4.21 Å². The Balaban J connectivity index is 2.23. The van der Waals surface area contributed by atoms with Crippen molar-refractivity contribution in [2.75, 3.05) is 31.3 Å². The second kappa shape index (κ2) is 3.65. The van der Waals surface area contributed by atoms with E-state index in [0.29, 0.717) is 24.7 Å². The average Bonchev–Trinajstić information content (AvgIpc) is 1.85. The zero-order valence-corrected chi connectivity index (χ0v) is 7.52. The van der Waals surface area contributed by atoms with Crippen molar-refractivity contribution in [2.45, 2.75) is 6.92 Å². The molecule has 0 aliphatic carbocycles. The van der Waals surface area contributed by atoms with Crippen molar-refractivity contribution in [1.29, 1.82) is 0 Å². The molecule has 1 aliphatic rings. The van der Waals surface area contributed by atoms with Crippen molar-refractivity contribution < 1.29 is 14.1 Å². The van der Waals surface area contributed by atoms with Crippen LogP contribution in [0.25, 0.3) is 0 Å². The smallest absolute Gasteiger partial charge is 0.0551 e. The summed E-state index contributed by atoms with van der Waals surface area (Å²) in [5, 5.41) is 8.50. The van der Waals surface area contributed by atoms with Gasteiger partial charge in [-0.2, -0.15) is 0 Å². The van der Waals surface area contributed by atoms with Crippen molar-refractivity contribution in [3.05, 3.63) is 0 Å². The van der Waals surface area contributed by atoms with E-state index >= 15 is 0 Å². The minimum absolute atomic E-state index is 0.0174. The topological polar surface area (TPSA) is 46.5 Å². The van der Waals surface area contributed by atoms with Crippen LogP contribution in [-0.2, 0) is 15.5 Å². The number of rotatable bonds is 4. The maximum Gasteiger partial charge on any atom is 0.0551 e. The molecule has 0 radical (unpaired) electrons.